The zero-order chi connectivity index (χ0) is 51.5. The van der Waals surface area contributed by atoms with Crippen molar-refractivity contribution in [2.45, 2.75) is 52.4 Å². The summed E-state index contributed by atoms with van der Waals surface area (Å²) in [6.07, 6.45) is 0. The number of hydrogen-bond donors (Lipinski definition) is 0. The van der Waals surface area contributed by atoms with Crippen LogP contribution in [0.4, 0.5) is 34.3 Å². The zero-order valence-corrected chi connectivity index (χ0v) is 43.8. The van der Waals surface area contributed by atoms with Gasteiger partial charge in [0.15, 0.2) is 0 Å². The van der Waals surface area contributed by atoms with Gasteiger partial charge in [-0.1, -0.05) is 217 Å². The van der Waals surface area contributed by atoms with Gasteiger partial charge >= 0.3 is 6.85 Å². The molecule has 0 radical (unpaired) electrons. The Bertz CT molecular complexity index is 4100. The first-order valence-electron chi connectivity index (χ1n) is 26.6. The number of anilines is 6. The minimum Gasteiger partial charge on any atom is -0.470 e. The number of aromatic nitrogens is 2. The van der Waals surface area contributed by atoms with E-state index in [0.29, 0.717) is 0 Å². The lowest BCUT2D eigenvalue weighted by atomic mass is 9.49. The van der Waals surface area contributed by atoms with Crippen LogP contribution in [0.3, 0.4) is 0 Å². The fourth-order valence-electron chi connectivity index (χ4n) is 12.0. The quantitative estimate of drug-likeness (QED) is 0.149. The molecule has 76 heavy (non-hydrogen) atoms. The molecule has 3 aromatic heterocycles. The highest BCUT2D eigenvalue weighted by molar-refractivity contribution is 6.88. The molecule has 5 heterocycles. The number of furan rings is 1. The van der Waals surface area contributed by atoms with E-state index in [0.717, 1.165) is 84.8 Å². The standard InChI is InChI=1S/C70H57BN4O/c1-69(2,3)52-36-30-50(31-37-52)58-44-65-74(54-40-34-49(35-41-54)47-22-12-8-13-23-47)62-43-55(73-59-28-18-16-26-56(59)57-27-17-19-29-60(57)73)42-61-66(62)71(75(65)67(58)51-24-14-9-15-25-51)68-63(45-64(76-68)70(4,5)6)72(61)53-38-32-48(33-39-53)46-20-10-7-11-21-46/h7-45H,1-6H3. The van der Waals surface area contributed by atoms with Crippen LogP contribution < -0.4 is 20.9 Å². The largest absolute Gasteiger partial charge is 0.470 e. The van der Waals surface area contributed by atoms with Gasteiger partial charge in [0, 0.05) is 61.7 Å². The molecule has 6 heteroatoms. The van der Waals surface area contributed by atoms with Gasteiger partial charge in [-0.3, -0.25) is 4.90 Å². The van der Waals surface area contributed by atoms with Crippen LogP contribution in [0.15, 0.2) is 241 Å². The van der Waals surface area contributed by atoms with Gasteiger partial charge in [0.05, 0.1) is 22.4 Å². The topological polar surface area (TPSA) is 29.5 Å². The highest BCUT2D eigenvalue weighted by atomic mass is 16.3. The van der Waals surface area contributed by atoms with Gasteiger partial charge in [0.1, 0.15) is 17.2 Å². The summed E-state index contributed by atoms with van der Waals surface area (Å²) in [5, 5.41) is 2.44. The van der Waals surface area contributed by atoms with Crippen LogP contribution in [0.1, 0.15) is 52.9 Å². The van der Waals surface area contributed by atoms with Crippen molar-refractivity contribution in [3.05, 3.63) is 248 Å². The minimum absolute atomic E-state index is 0.00587. The molecule has 0 aliphatic carbocycles. The maximum Gasteiger partial charge on any atom is 0.378 e. The van der Waals surface area contributed by atoms with E-state index < -0.39 is 0 Å². The summed E-state index contributed by atoms with van der Waals surface area (Å²) < 4.78 is 12.6. The van der Waals surface area contributed by atoms with Crippen molar-refractivity contribution >= 4 is 74.0 Å². The summed E-state index contributed by atoms with van der Waals surface area (Å²) in [5.74, 6) is 2.00. The molecule has 0 saturated carbocycles. The number of nitrogens with zero attached hydrogens (tertiary/aromatic N) is 4. The molecule has 0 atom stereocenters. The molecule has 14 rings (SSSR count). The number of rotatable bonds is 7. The molecule has 0 unspecified atom stereocenters. The lowest BCUT2D eigenvalue weighted by molar-refractivity contribution is 0.423. The minimum atomic E-state index is -0.351. The third-order valence-electron chi connectivity index (χ3n) is 15.8. The van der Waals surface area contributed by atoms with E-state index in [9.17, 15) is 0 Å². The molecule has 5 nitrogen and oxygen atoms in total. The lowest BCUT2D eigenvalue weighted by Crippen LogP contribution is -2.58. The Hall–Kier alpha value is -9.00. The number of benzene rings is 9. The van der Waals surface area contributed by atoms with Crippen LogP contribution in [0, 0.1) is 0 Å². The average Bonchev–Trinajstić information content (AvgIpc) is 4.27. The summed E-state index contributed by atoms with van der Waals surface area (Å²) in [4.78, 5) is 5.01. The van der Waals surface area contributed by atoms with E-state index in [2.05, 4.69) is 297 Å². The van der Waals surface area contributed by atoms with Gasteiger partial charge in [0.2, 0.25) is 0 Å². The Kier molecular flexibility index (Phi) is 10.4. The number of fused-ring (bicyclic) bond motifs is 7. The highest BCUT2D eigenvalue weighted by Gasteiger charge is 2.49. The first-order valence-corrected chi connectivity index (χ1v) is 26.6. The van der Waals surface area contributed by atoms with Crippen LogP contribution in [0.5, 0.6) is 0 Å². The molecular weight excluding hydrogens is 924 g/mol. The van der Waals surface area contributed by atoms with E-state index in [-0.39, 0.29) is 17.7 Å². The summed E-state index contributed by atoms with van der Waals surface area (Å²) in [6.45, 7) is 13.3. The molecule has 0 spiro atoms. The lowest BCUT2D eigenvalue weighted by Gasteiger charge is -2.43. The van der Waals surface area contributed by atoms with Crippen molar-refractivity contribution in [1.82, 2.24) is 9.05 Å². The monoisotopic (exact) mass is 980 g/mol. The normalized spacial score (nSPS) is 13.1. The van der Waals surface area contributed by atoms with Gasteiger partial charge in [-0.2, -0.15) is 0 Å². The maximum absolute atomic E-state index is 7.52. The number of para-hydroxylation sites is 2. The Morgan fingerprint density at radius 1 is 0.382 bits per heavy atom. The molecule has 9 aromatic carbocycles. The second-order valence-corrected chi connectivity index (χ2v) is 22.6. The summed E-state index contributed by atoms with van der Waals surface area (Å²) in [6, 6.07) is 87.2. The van der Waals surface area contributed by atoms with Crippen LogP contribution in [-0.2, 0) is 10.8 Å². The van der Waals surface area contributed by atoms with E-state index in [1.807, 2.05) is 0 Å². The van der Waals surface area contributed by atoms with Crippen molar-refractivity contribution in [1.29, 1.82) is 0 Å². The predicted molar refractivity (Wildman–Crippen MR) is 320 cm³/mol. The van der Waals surface area contributed by atoms with Crippen LogP contribution >= 0.6 is 0 Å². The predicted octanol–water partition coefficient (Wildman–Crippen LogP) is 17.7. The van der Waals surface area contributed by atoms with E-state index in [1.54, 1.807) is 0 Å². The highest BCUT2D eigenvalue weighted by Crippen LogP contribution is 2.52. The zero-order valence-electron chi connectivity index (χ0n) is 43.8. The van der Waals surface area contributed by atoms with Gasteiger partial charge in [-0.15, -0.1) is 0 Å². The second kappa shape index (κ2) is 17.3. The van der Waals surface area contributed by atoms with E-state index in [4.69, 9.17) is 4.42 Å². The Morgan fingerprint density at radius 3 is 1.37 bits per heavy atom. The first-order chi connectivity index (χ1) is 37.0. The van der Waals surface area contributed by atoms with Gasteiger partial charge in [0.25, 0.3) is 0 Å². The van der Waals surface area contributed by atoms with Crippen LogP contribution in [-0.4, -0.2) is 15.9 Å². The van der Waals surface area contributed by atoms with E-state index in [1.165, 1.54) is 44.1 Å². The van der Waals surface area contributed by atoms with Crippen molar-refractivity contribution in [2.24, 2.45) is 0 Å². The number of hydrogen-bond acceptors (Lipinski definition) is 3. The molecule has 2 aliphatic heterocycles. The molecule has 0 fully saturated rings. The third-order valence-corrected chi connectivity index (χ3v) is 15.8. The van der Waals surface area contributed by atoms with E-state index >= 15 is 0 Å². The molecule has 12 aromatic rings. The average molecular weight is 981 g/mol. The summed E-state index contributed by atoms with van der Waals surface area (Å²) >= 11 is 0. The fourth-order valence-corrected chi connectivity index (χ4v) is 12.0. The fraction of sp³-hybridized carbons (Fsp3) is 0.114. The molecule has 0 saturated heterocycles. The van der Waals surface area contributed by atoms with Crippen molar-refractivity contribution in [3.63, 3.8) is 0 Å². The SMILES string of the molecule is CC(C)(C)c1ccc(-c2cc3n(c2-c2ccccc2)B2c4oc(C(C)(C)C)cc4N(c4ccc(-c5ccccc5)cc4)c4cc(-n5c6ccccc6c6ccccc65)cc(c42)N3c2ccc(-c3ccccc3)cc2)cc1. The molecule has 2 aliphatic rings. The van der Waals surface area contributed by atoms with Gasteiger partial charge in [-0.05, 0) is 99.0 Å². The van der Waals surface area contributed by atoms with Crippen molar-refractivity contribution in [3.8, 4) is 50.3 Å². The van der Waals surface area contributed by atoms with Gasteiger partial charge < -0.3 is 18.4 Å². The Balaban J connectivity index is 1.12. The summed E-state index contributed by atoms with van der Waals surface area (Å²) in [7, 11) is 0. The van der Waals surface area contributed by atoms with Crippen LogP contribution in [0.2, 0.25) is 0 Å². The first kappa shape index (κ1) is 45.6. The Labute approximate surface area is 445 Å². The Morgan fingerprint density at radius 2 is 0.842 bits per heavy atom. The van der Waals surface area contributed by atoms with Crippen molar-refractivity contribution < 1.29 is 4.42 Å². The summed E-state index contributed by atoms with van der Waals surface area (Å²) in [5.41, 5.74) is 21.1. The molecule has 366 valence electrons. The molecular formula is C70H57BN4O. The molecule has 0 amide bonds. The second-order valence-electron chi connectivity index (χ2n) is 22.6. The molecule has 0 N–H and O–H groups in total. The third kappa shape index (κ3) is 7.30. The van der Waals surface area contributed by atoms with Crippen molar-refractivity contribution in [2.75, 3.05) is 9.80 Å². The van der Waals surface area contributed by atoms with Gasteiger partial charge in [-0.25, -0.2) is 0 Å². The van der Waals surface area contributed by atoms with Crippen LogP contribution in [0.25, 0.3) is 72.1 Å². The molecule has 0 bridgehead atoms. The maximum atomic E-state index is 7.52. The smallest absolute Gasteiger partial charge is 0.378 e.